The summed E-state index contributed by atoms with van der Waals surface area (Å²) in [6.45, 7) is 6.97. The maximum atomic E-state index is 11.9. The number of hydrogen-bond acceptors (Lipinski definition) is 4. The summed E-state index contributed by atoms with van der Waals surface area (Å²) in [6, 6.07) is 0. The van der Waals surface area contributed by atoms with E-state index in [2.05, 4.69) is 36.5 Å². The monoisotopic (exact) mass is 296 g/mol. The van der Waals surface area contributed by atoms with E-state index < -0.39 is 5.60 Å². The van der Waals surface area contributed by atoms with Gasteiger partial charge in [0.2, 0.25) is 0 Å². The molecule has 1 aromatic heterocycles. The number of nitrogens with one attached hydrogen (secondary N) is 1. The Bertz CT molecular complexity index is 470. The van der Waals surface area contributed by atoms with Crippen LogP contribution in [0.5, 0.6) is 0 Å². The summed E-state index contributed by atoms with van der Waals surface area (Å²) in [6.07, 6.45) is 3.77. The van der Waals surface area contributed by atoms with E-state index in [4.69, 9.17) is 0 Å². The second-order valence-electron chi connectivity index (χ2n) is 6.62. The molecule has 1 saturated carbocycles. The summed E-state index contributed by atoms with van der Waals surface area (Å²) in [7, 11) is 0. The number of aliphatic hydroxyl groups is 1. The maximum absolute atomic E-state index is 11.9. The SMILES string of the molecule is CC(C)(C)c1csc(CCNC(=O)C2(O)CCCC2)n1. The summed E-state index contributed by atoms with van der Waals surface area (Å²) >= 11 is 1.63. The highest BCUT2D eigenvalue weighted by atomic mass is 32.1. The summed E-state index contributed by atoms with van der Waals surface area (Å²) in [5, 5.41) is 16.1. The van der Waals surface area contributed by atoms with Crippen LogP contribution in [0.3, 0.4) is 0 Å². The van der Waals surface area contributed by atoms with Crippen molar-refractivity contribution in [3.8, 4) is 0 Å². The lowest BCUT2D eigenvalue weighted by Crippen LogP contribution is -2.45. The van der Waals surface area contributed by atoms with Crippen LogP contribution in [0.2, 0.25) is 0 Å². The van der Waals surface area contributed by atoms with Crippen LogP contribution in [0.1, 0.15) is 57.2 Å². The van der Waals surface area contributed by atoms with Crippen molar-refractivity contribution in [1.29, 1.82) is 0 Å². The second-order valence-corrected chi connectivity index (χ2v) is 7.56. The average molecular weight is 296 g/mol. The number of hydrogen-bond donors (Lipinski definition) is 2. The van der Waals surface area contributed by atoms with Crippen LogP contribution in [0.25, 0.3) is 0 Å². The van der Waals surface area contributed by atoms with E-state index in [0.717, 1.165) is 30.0 Å². The molecule has 0 spiro atoms. The lowest BCUT2D eigenvalue weighted by molar-refractivity contribution is -0.139. The molecule has 0 aliphatic heterocycles. The van der Waals surface area contributed by atoms with Crippen LogP contribution < -0.4 is 5.32 Å². The fourth-order valence-corrected chi connectivity index (χ4v) is 3.43. The van der Waals surface area contributed by atoms with E-state index >= 15 is 0 Å². The molecule has 0 radical (unpaired) electrons. The Morgan fingerprint density at radius 3 is 2.65 bits per heavy atom. The molecule has 1 aliphatic rings. The number of amides is 1. The van der Waals surface area contributed by atoms with Gasteiger partial charge in [0, 0.05) is 23.8 Å². The minimum atomic E-state index is -1.13. The molecular weight excluding hydrogens is 272 g/mol. The topological polar surface area (TPSA) is 62.2 Å². The first-order chi connectivity index (χ1) is 9.31. The first-order valence-electron chi connectivity index (χ1n) is 7.27. The predicted octanol–water partition coefficient (Wildman–Crippen LogP) is 2.40. The predicted molar refractivity (Wildman–Crippen MR) is 80.9 cm³/mol. The van der Waals surface area contributed by atoms with Crippen LogP contribution in [0, 0.1) is 0 Å². The third-order valence-corrected chi connectivity index (χ3v) is 4.71. The van der Waals surface area contributed by atoms with Gasteiger partial charge in [-0.1, -0.05) is 20.8 Å². The minimum Gasteiger partial charge on any atom is -0.380 e. The summed E-state index contributed by atoms with van der Waals surface area (Å²) < 4.78 is 0. The van der Waals surface area contributed by atoms with Gasteiger partial charge in [0.25, 0.3) is 5.91 Å². The van der Waals surface area contributed by atoms with Crippen molar-refractivity contribution in [3.05, 3.63) is 16.1 Å². The zero-order chi connectivity index (χ0) is 14.8. The van der Waals surface area contributed by atoms with Crippen molar-refractivity contribution in [2.45, 2.75) is 63.9 Å². The van der Waals surface area contributed by atoms with Gasteiger partial charge in [0.15, 0.2) is 0 Å². The van der Waals surface area contributed by atoms with Crippen molar-refractivity contribution < 1.29 is 9.90 Å². The van der Waals surface area contributed by atoms with Crippen molar-refractivity contribution >= 4 is 17.2 Å². The van der Waals surface area contributed by atoms with Gasteiger partial charge >= 0.3 is 0 Å². The fraction of sp³-hybridized carbons (Fsp3) is 0.733. The highest BCUT2D eigenvalue weighted by Gasteiger charge is 2.38. The van der Waals surface area contributed by atoms with Crippen LogP contribution in [0.4, 0.5) is 0 Å². The molecule has 20 heavy (non-hydrogen) atoms. The molecule has 1 aromatic rings. The average Bonchev–Trinajstić information content (AvgIpc) is 2.98. The first kappa shape index (κ1) is 15.4. The Morgan fingerprint density at radius 2 is 2.10 bits per heavy atom. The Kier molecular flexibility index (Phi) is 4.49. The third kappa shape index (κ3) is 3.58. The smallest absolute Gasteiger partial charge is 0.251 e. The zero-order valence-corrected chi connectivity index (χ0v) is 13.3. The minimum absolute atomic E-state index is 0.0665. The quantitative estimate of drug-likeness (QED) is 0.897. The lowest BCUT2D eigenvalue weighted by atomic mass is 9.93. The Morgan fingerprint density at radius 1 is 1.45 bits per heavy atom. The van der Waals surface area contributed by atoms with Crippen LogP contribution in [-0.2, 0) is 16.6 Å². The van der Waals surface area contributed by atoms with E-state index in [1.54, 1.807) is 11.3 Å². The number of aromatic nitrogens is 1. The third-order valence-electron chi connectivity index (χ3n) is 3.80. The van der Waals surface area contributed by atoms with Gasteiger partial charge in [-0.2, -0.15) is 0 Å². The molecule has 1 heterocycles. The zero-order valence-electron chi connectivity index (χ0n) is 12.5. The Labute approximate surface area is 124 Å². The van der Waals surface area contributed by atoms with Crippen molar-refractivity contribution in [3.63, 3.8) is 0 Å². The van der Waals surface area contributed by atoms with Crippen LogP contribution in [-0.4, -0.2) is 28.1 Å². The number of carbonyl (C=O) groups excluding carboxylic acids is 1. The molecule has 1 fully saturated rings. The molecular formula is C15H24N2O2S. The van der Waals surface area contributed by atoms with E-state index in [0.29, 0.717) is 19.4 Å². The number of carbonyl (C=O) groups is 1. The molecule has 1 amide bonds. The van der Waals surface area contributed by atoms with Crippen molar-refractivity contribution in [2.75, 3.05) is 6.54 Å². The van der Waals surface area contributed by atoms with Gasteiger partial charge in [-0.15, -0.1) is 11.3 Å². The number of rotatable bonds is 4. The Balaban J connectivity index is 1.81. The molecule has 0 bridgehead atoms. The molecule has 0 unspecified atom stereocenters. The number of nitrogens with zero attached hydrogens (tertiary/aromatic N) is 1. The van der Waals surface area contributed by atoms with E-state index in [1.165, 1.54) is 0 Å². The van der Waals surface area contributed by atoms with E-state index in [9.17, 15) is 9.90 Å². The molecule has 4 nitrogen and oxygen atoms in total. The van der Waals surface area contributed by atoms with Crippen LogP contribution >= 0.6 is 11.3 Å². The van der Waals surface area contributed by atoms with Crippen LogP contribution in [0.15, 0.2) is 5.38 Å². The second kappa shape index (κ2) is 5.82. The molecule has 2 N–H and O–H groups in total. The van der Waals surface area contributed by atoms with Gasteiger partial charge < -0.3 is 10.4 Å². The van der Waals surface area contributed by atoms with Gasteiger partial charge in [-0.3, -0.25) is 4.79 Å². The maximum Gasteiger partial charge on any atom is 0.251 e. The molecule has 1 aliphatic carbocycles. The molecule has 2 rings (SSSR count). The van der Waals surface area contributed by atoms with E-state index in [-0.39, 0.29) is 11.3 Å². The van der Waals surface area contributed by atoms with E-state index in [1.807, 2.05) is 0 Å². The van der Waals surface area contributed by atoms with Gasteiger partial charge in [0.05, 0.1) is 10.7 Å². The summed E-state index contributed by atoms with van der Waals surface area (Å²) in [5.74, 6) is -0.220. The fourth-order valence-electron chi connectivity index (χ4n) is 2.40. The highest BCUT2D eigenvalue weighted by molar-refractivity contribution is 7.09. The molecule has 0 saturated heterocycles. The van der Waals surface area contributed by atoms with Crippen molar-refractivity contribution in [1.82, 2.24) is 10.3 Å². The lowest BCUT2D eigenvalue weighted by Gasteiger charge is -2.20. The molecule has 112 valence electrons. The summed E-state index contributed by atoms with van der Waals surface area (Å²) in [4.78, 5) is 16.5. The summed E-state index contributed by atoms with van der Waals surface area (Å²) in [5.41, 5.74) is 0.0365. The largest absolute Gasteiger partial charge is 0.380 e. The van der Waals surface area contributed by atoms with Gasteiger partial charge in [-0.05, 0) is 25.7 Å². The van der Waals surface area contributed by atoms with Gasteiger partial charge in [0.1, 0.15) is 5.60 Å². The molecule has 0 aromatic carbocycles. The molecule has 0 atom stereocenters. The van der Waals surface area contributed by atoms with Gasteiger partial charge in [-0.25, -0.2) is 4.98 Å². The first-order valence-corrected chi connectivity index (χ1v) is 8.15. The normalized spacial score (nSPS) is 18.2. The standard InChI is InChI=1S/C15H24N2O2S/c1-14(2,3)11-10-20-12(17-11)6-9-16-13(18)15(19)7-4-5-8-15/h10,19H,4-9H2,1-3H3,(H,16,18). The highest BCUT2D eigenvalue weighted by Crippen LogP contribution is 2.29. The molecule has 5 heteroatoms. The van der Waals surface area contributed by atoms with Crippen molar-refractivity contribution in [2.24, 2.45) is 0 Å². The Hall–Kier alpha value is -0.940. The number of thiazole rings is 1.